The lowest BCUT2D eigenvalue weighted by Crippen LogP contribution is -2.59. The summed E-state index contributed by atoms with van der Waals surface area (Å²) < 4.78 is 0. The Morgan fingerprint density at radius 3 is 1.97 bits per heavy atom. The highest BCUT2D eigenvalue weighted by atomic mass is 16.4. The Bertz CT molecular complexity index is 1230. The molecular formula is C25H35N7O7. The van der Waals surface area contributed by atoms with Crippen LogP contribution in [0.2, 0.25) is 0 Å². The molecule has 2 aromatic rings. The van der Waals surface area contributed by atoms with E-state index in [1.54, 1.807) is 20.0 Å². The van der Waals surface area contributed by atoms with Gasteiger partial charge in [-0.2, -0.15) is 0 Å². The molecule has 1 aromatic heterocycles. The van der Waals surface area contributed by atoms with Crippen LogP contribution in [-0.2, 0) is 35.2 Å². The van der Waals surface area contributed by atoms with Crippen LogP contribution in [0.15, 0.2) is 30.5 Å². The fourth-order valence-electron chi connectivity index (χ4n) is 3.94. The fourth-order valence-corrected chi connectivity index (χ4v) is 3.94. The number of hydrogen-bond acceptors (Lipinski definition) is 7. The minimum atomic E-state index is -1.58. The molecule has 2 rings (SSSR count). The summed E-state index contributed by atoms with van der Waals surface area (Å²) in [5, 5.41) is 17.2. The van der Waals surface area contributed by atoms with Crippen LogP contribution in [0.5, 0.6) is 0 Å². The van der Waals surface area contributed by atoms with Gasteiger partial charge in [-0.1, -0.05) is 38.5 Å². The van der Waals surface area contributed by atoms with Crippen LogP contribution in [-0.4, -0.2) is 69.8 Å². The molecule has 0 fully saturated rings. The molecular weight excluding hydrogens is 510 g/mol. The van der Waals surface area contributed by atoms with Gasteiger partial charge in [0.2, 0.25) is 29.5 Å². The lowest BCUT2D eigenvalue weighted by atomic mass is 9.98. The molecule has 14 heteroatoms. The third kappa shape index (κ3) is 8.81. The number of para-hydroxylation sites is 1. The van der Waals surface area contributed by atoms with E-state index in [-0.39, 0.29) is 6.42 Å². The number of primary amides is 2. The van der Waals surface area contributed by atoms with E-state index in [0.29, 0.717) is 6.42 Å². The van der Waals surface area contributed by atoms with Gasteiger partial charge < -0.3 is 43.2 Å². The van der Waals surface area contributed by atoms with Crippen molar-refractivity contribution in [2.24, 2.45) is 23.1 Å². The Morgan fingerprint density at radius 1 is 0.897 bits per heavy atom. The van der Waals surface area contributed by atoms with Gasteiger partial charge in [0.15, 0.2) is 0 Å². The zero-order valence-corrected chi connectivity index (χ0v) is 21.7. The maximum atomic E-state index is 13.0. The van der Waals surface area contributed by atoms with Gasteiger partial charge in [-0.05, 0) is 24.0 Å². The number of hydrogen-bond donors (Lipinski definition) is 8. The predicted molar refractivity (Wildman–Crippen MR) is 140 cm³/mol. The second-order valence-electron chi connectivity index (χ2n) is 9.34. The summed E-state index contributed by atoms with van der Waals surface area (Å²) >= 11 is 0. The summed E-state index contributed by atoms with van der Waals surface area (Å²) in [5.74, 6) is -6.41. The number of benzene rings is 1. The number of aromatic amines is 1. The quantitative estimate of drug-likeness (QED) is 0.129. The minimum absolute atomic E-state index is 0.111. The number of carbonyl (C=O) groups is 6. The summed E-state index contributed by atoms with van der Waals surface area (Å²) in [7, 11) is 0. The number of fused-ring (bicyclic) bond motifs is 1. The highest BCUT2D eigenvalue weighted by molar-refractivity contribution is 5.97. The number of aromatic nitrogens is 1. The Morgan fingerprint density at radius 2 is 1.44 bits per heavy atom. The second-order valence-corrected chi connectivity index (χ2v) is 9.34. The lowest BCUT2D eigenvalue weighted by molar-refractivity contribution is -0.144. The third-order valence-electron chi connectivity index (χ3n) is 6.30. The molecule has 14 nitrogen and oxygen atoms in total. The summed E-state index contributed by atoms with van der Waals surface area (Å²) in [6, 6.07) is 1.89. The maximum absolute atomic E-state index is 13.0. The van der Waals surface area contributed by atoms with Gasteiger partial charge in [0.1, 0.15) is 18.1 Å². The molecule has 0 saturated heterocycles. The number of rotatable bonds is 15. The number of amides is 5. The number of nitrogens with one attached hydrogen (secondary N) is 4. The van der Waals surface area contributed by atoms with E-state index >= 15 is 0 Å². The fraction of sp³-hybridized carbons (Fsp3) is 0.440. The molecule has 5 unspecified atom stereocenters. The normalized spacial score (nSPS) is 14.8. The first-order valence-corrected chi connectivity index (χ1v) is 12.3. The van der Waals surface area contributed by atoms with Gasteiger partial charge in [-0.25, -0.2) is 4.79 Å². The smallest absolute Gasteiger partial charge is 0.326 e. The number of carbonyl (C=O) groups excluding carboxylic acids is 5. The first-order valence-electron chi connectivity index (χ1n) is 12.3. The highest BCUT2D eigenvalue weighted by Gasteiger charge is 2.33. The number of carboxylic acid groups (broad SMARTS) is 1. The summed E-state index contributed by atoms with van der Waals surface area (Å²) in [6.07, 6.45) is 0.951. The summed E-state index contributed by atoms with van der Waals surface area (Å²) in [6.45, 7) is 3.34. The monoisotopic (exact) mass is 545 g/mol. The molecule has 0 aliphatic carbocycles. The van der Waals surface area contributed by atoms with E-state index in [4.69, 9.17) is 17.2 Å². The van der Waals surface area contributed by atoms with E-state index in [0.717, 1.165) is 16.5 Å². The van der Waals surface area contributed by atoms with E-state index < -0.39 is 78.4 Å². The maximum Gasteiger partial charge on any atom is 0.326 e. The third-order valence-corrected chi connectivity index (χ3v) is 6.30. The summed E-state index contributed by atoms with van der Waals surface area (Å²) in [4.78, 5) is 76.5. The van der Waals surface area contributed by atoms with E-state index in [1.807, 2.05) is 24.3 Å². The topological polar surface area (TPSA) is 253 Å². The molecule has 11 N–H and O–H groups in total. The molecule has 212 valence electrons. The van der Waals surface area contributed by atoms with Gasteiger partial charge in [0.05, 0.1) is 18.9 Å². The van der Waals surface area contributed by atoms with Crippen molar-refractivity contribution < 1.29 is 33.9 Å². The standard InChI is InChI=1S/C25H35N7O7/c1-3-12(2)21(25(38)39)32-24(37)18(10-20(28)34)31-23(36)17(9-19(27)33)30-22(35)15(26)8-13-11-29-16-7-5-4-6-14(13)16/h4-7,11-12,15,17-18,21,29H,3,8-10,26H2,1-2H3,(H2,27,33)(H2,28,34)(H,30,35)(H,31,36)(H,32,37)(H,38,39). The molecule has 0 bridgehead atoms. The number of carboxylic acids is 1. The van der Waals surface area contributed by atoms with Crippen LogP contribution in [0.4, 0.5) is 0 Å². The molecule has 1 heterocycles. The number of H-pyrrole nitrogens is 1. The van der Waals surface area contributed by atoms with Crippen LogP contribution in [0.1, 0.15) is 38.7 Å². The Kier molecular flexibility index (Phi) is 11.0. The largest absolute Gasteiger partial charge is 0.480 e. The van der Waals surface area contributed by atoms with Gasteiger partial charge in [0, 0.05) is 17.1 Å². The number of nitrogens with two attached hydrogens (primary N) is 3. The molecule has 1 aromatic carbocycles. The van der Waals surface area contributed by atoms with E-state index in [9.17, 15) is 33.9 Å². The molecule has 0 saturated carbocycles. The van der Waals surface area contributed by atoms with Crippen molar-refractivity contribution in [2.75, 3.05) is 0 Å². The Labute approximate surface area is 224 Å². The van der Waals surface area contributed by atoms with Crippen molar-refractivity contribution >= 4 is 46.4 Å². The molecule has 5 atom stereocenters. The molecule has 0 aliphatic heterocycles. The number of aliphatic carboxylic acids is 1. The molecule has 0 aliphatic rings. The Hall–Kier alpha value is -4.46. The average Bonchev–Trinajstić information content (AvgIpc) is 3.27. The van der Waals surface area contributed by atoms with E-state index in [1.165, 1.54) is 0 Å². The van der Waals surface area contributed by atoms with Crippen molar-refractivity contribution in [1.29, 1.82) is 0 Å². The van der Waals surface area contributed by atoms with Gasteiger partial charge in [0.25, 0.3) is 0 Å². The summed E-state index contributed by atoms with van der Waals surface area (Å²) in [5.41, 5.74) is 18.1. The first kappa shape index (κ1) is 30.8. The van der Waals surface area contributed by atoms with Crippen molar-refractivity contribution in [3.63, 3.8) is 0 Å². The molecule has 5 amide bonds. The van der Waals surface area contributed by atoms with Crippen molar-refractivity contribution in [3.05, 3.63) is 36.0 Å². The SMILES string of the molecule is CCC(C)C(NC(=O)C(CC(N)=O)NC(=O)C(CC(N)=O)NC(=O)C(N)Cc1c[nH]c2ccccc12)C(=O)O. The molecule has 39 heavy (non-hydrogen) atoms. The second kappa shape index (κ2) is 13.9. The zero-order chi connectivity index (χ0) is 29.3. The van der Waals surface area contributed by atoms with Crippen LogP contribution >= 0.6 is 0 Å². The van der Waals surface area contributed by atoms with Crippen molar-refractivity contribution in [3.8, 4) is 0 Å². The lowest BCUT2D eigenvalue weighted by Gasteiger charge is -2.25. The Balaban J connectivity index is 2.15. The zero-order valence-electron chi connectivity index (χ0n) is 21.7. The molecule has 0 radical (unpaired) electrons. The van der Waals surface area contributed by atoms with Crippen LogP contribution in [0.25, 0.3) is 10.9 Å². The van der Waals surface area contributed by atoms with Crippen LogP contribution in [0, 0.1) is 5.92 Å². The van der Waals surface area contributed by atoms with Crippen molar-refractivity contribution in [1.82, 2.24) is 20.9 Å². The van der Waals surface area contributed by atoms with Crippen LogP contribution < -0.4 is 33.2 Å². The minimum Gasteiger partial charge on any atom is -0.480 e. The first-order chi connectivity index (χ1) is 18.3. The van der Waals surface area contributed by atoms with Gasteiger partial charge in [-0.3, -0.25) is 24.0 Å². The molecule has 0 spiro atoms. The average molecular weight is 546 g/mol. The highest BCUT2D eigenvalue weighted by Crippen LogP contribution is 2.19. The predicted octanol–water partition coefficient (Wildman–Crippen LogP) is -1.63. The van der Waals surface area contributed by atoms with E-state index in [2.05, 4.69) is 20.9 Å². The van der Waals surface area contributed by atoms with Crippen LogP contribution in [0.3, 0.4) is 0 Å². The van der Waals surface area contributed by atoms with Gasteiger partial charge in [-0.15, -0.1) is 0 Å². The van der Waals surface area contributed by atoms with Gasteiger partial charge >= 0.3 is 5.97 Å². The van der Waals surface area contributed by atoms with Crippen molar-refractivity contribution in [2.45, 2.75) is 63.7 Å².